The molecule has 0 unspecified atom stereocenters. The van der Waals surface area contributed by atoms with E-state index in [1.165, 1.54) is 0 Å². The smallest absolute Gasteiger partial charge is 0.251 e. The molecule has 0 aliphatic carbocycles. The van der Waals surface area contributed by atoms with Gasteiger partial charge in [-0.15, -0.1) is 6.58 Å². The molecule has 0 spiro atoms. The van der Waals surface area contributed by atoms with Gasteiger partial charge in [0.1, 0.15) is 0 Å². The molecule has 0 radical (unpaired) electrons. The highest BCUT2D eigenvalue weighted by atomic mass is 16.1. The zero-order valence-electron chi connectivity index (χ0n) is 8.21. The fourth-order valence-corrected chi connectivity index (χ4v) is 1.06. The van der Waals surface area contributed by atoms with E-state index in [2.05, 4.69) is 17.2 Å². The predicted molar refractivity (Wildman–Crippen MR) is 58.5 cm³/mol. The van der Waals surface area contributed by atoms with Gasteiger partial charge in [0.15, 0.2) is 0 Å². The van der Waals surface area contributed by atoms with Crippen molar-refractivity contribution in [3.63, 3.8) is 0 Å². The third kappa shape index (κ3) is 2.62. The van der Waals surface area contributed by atoms with Gasteiger partial charge in [0, 0.05) is 24.8 Å². The molecule has 0 bridgehead atoms. The van der Waals surface area contributed by atoms with Gasteiger partial charge in [-0.25, -0.2) is 0 Å². The van der Waals surface area contributed by atoms with Gasteiger partial charge >= 0.3 is 0 Å². The molecule has 0 aliphatic heterocycles. The molecule has 0 aromatic heterocycles. The summed E-state index contributed by atoms with van der Waals surface area (Å²) >= 11 is 0. The molecule has 0 saturated carbocycles. The van der Waals surface area contributed by atoms with E-state index >= 15 is 0 Å². The minimum Gasteiger partial charge on any atom is -0.388 e. The minimum atomic E-state index is -0.0763. The predicted octanol–water partition coefficient (Wildman–Crippen LogP) is 1.64. The summed E-state index contributed by atoms with van der Waals surface area (Å²) in [6.45, 7) is 4.02. The molecule has 74 valence electrons. The summed E-state index contributed by atoms with van der Waals surface area (Å²) in [7, 11) is 1.84. The molecule has 1 rings (SSSR count). The topological polar surface area (TPSA) is 41.1 Å². The number of carbonyl (C=O) groups excluding carboxylic acids is 1. The summed E-state index contributed by atoms with van der Waals surface area (Å²) in [6, 6.07) is 7.29. The maximum absolute atomic E-state index is 11.4. The van der Waals surface area contributed by atoms with Crippen LogP contribution in [0.25, 0.3) is 0 Å². The molecule has 0 atom stereocenters. The fourth-order valence-electron chi connectivity index (χ4n) is 1.06. The molecule has 0 fully saturated rings. The van der Waals surface area contributed by atoms with E-state index in [4.69, 9.17) is 0 Å². The Kier molecular flexibility index (Phi) is 3.73. The molecular weight excluding hydrogens is 176 g/mol. The van der Waals surface area contributed by atoms with Crippen LogP contribution in [0.5, 0.6) is 0 Å². The van der Waals surface area contributed by atoms with Crippen LogP contribution >= 0.6 is 0 Å². The highest BCUT2D eigenvalue weighted by Crippen LogP contribution is 2.07. The highest BCUT2D eigenvalue weighted by Gasteiger charge is 2.02. The SMILES string of the molecule is C=CCNC(=O)c1ccc(NC)cc1. The summed E-state index contributed by atoms with van der Waals surface area (Å²) < 4.78 is 0. The van der Waals surface area contributed by atoms with Gasteiger partial charge in [-0.1, -0.05) is 6.08 Å². The number of amides is 1. The van der Waals surface area contributed by atoms with E-state index in [9.17, 15) is 4.79 Å². The third-order valence-electron chi connectivity index (χ3n) is 1.84. The molecule has 2 N–H and O–H groups in total. The second-order valence-corrected chi connectivity index (χ2v) is 2.83. The monoisotopic (exact) mass is 190 g/mol. The van der Waals surface area contributed by atoms with Crippen LogP contribution in [0.3, 0.4) is 0 Å². The van der Waals surface area contributed by atoms with Crippen molar-refractivity contribution in [3.8, 4) is 0 Å². The lowest BCUT2D eigenvalue weighted by atomic mass is 10.2. The zero-order chi connectivity index (χ0) is 10.4. The number of hydrogen-bond acceptors (Lipinski definition) is 2. The highest BCUT2D eigenvalue weighted by molar-refractivity contribution is 5.94. The van der Waals surface area contributed by atoms with Crippen LogP contribution in [-0.2, 0) is 0 Å². The minimum absolute atomic E-state index is 0.0763. The Balaban J connectivity index is 2.66. The van der Waals surface area contributed by atoms with Crippen LogP contribution in [0.2, 0.25) is 0 Å². The first kappa shape index (κ1) is 10.3. The van der Waals surface area contributed by atoms with Crippen molar-refractivity contribution in [1.29, 1.82) is 0 Å². The Morgan fingerprint density at radius 2 is 2.07 bits per heavy atom. The molecule has 14 heavy (non-hydrogen) atoms. The number of rotatable bonds is 4. The molecule has 3 nitrogen and oxygen atoms in total. The van der Waals surface area contributed by atoms with Crippen LogP contribution in [0, 0.1) is 0 Å². The number of anilines is 1. The summed E-state index contributed by atoms with van der Waals surface area (Å²) in [6.07, 6.45) is 1.65. The van der Waals surface area contributed by atoms with Crippen molar-refractivity contribution in [2.75, 3.05) is 18.9 Å². The van der Waals surface area contributed by atoms with Crippen LogP contribution in [-0.4, -0.2) is 19.5 Å². The second kappa shape index (κ2) is 5.07. The molecule has 0 aliphatic rings. The van der Waals surface area contributed by atoms with Gasteiger partial charge < -0.3 is 10.6 Å². The van der Waals surface area contributed by atoms with Crippen molar-refractivity contribution >= 4 is 11.6 Å². The summed E-state index contributed by atoms with van der Waals surface area (Å²) in [5, 5.41) is 5.70. The second-order valence-electron chi connectivity index (χ2n) is 2.83. The number of carbonyl (C=O) groups is 1. The lowest BCUT2D eigenvalue weighted by molar-refractivity contribution is 0.0958. The van der Waals surface area contributed by atoms with E-state index in [1.807, 2.05) is 19.2 Å². The van der Waals surface area contributed by atoms with Gasteiger partial charge in [-0.05, 0) is 24.3 Å². The first-order chi connectivity index (χ1) is 6.77. The molecule has 0 saturated heterocycles. The van der Waals surface area contributed by atoms with E-state index in [0.29, 0.717) is 12.1 Å². The molecule has 1 aromatic carbocycles. The Hall–Kier alpha value is -1.77. The first-order valence-corrected chi connectivity index (χ1v) is 4.45. The van der Waals surface area contributed by atoms with Gasteiger partial charge in [-0.2, -0.15) is 0 Å². The Labute approximate surface area is 83.8 Å². The van der Waals surface area contributed by atoms with Crippen molar-refractivity contribution in [3.05, 3.63) is 42.5 Å². The van der Waals surface area contributed by atoms with Gasteiger partial charge in [0.05, 0.1) is 0 Å². The maximum atomic E-state index is 11.4. The standard InChI is InChI=1S/C11H14N2O/c1-3-8-13-11(14)9-4-6-10(12-2)7-5-9/h3-7,12H,1,8H2,2H3,(H,13,14). The molecule has 3 heteroatoms. The van der Waals surface area contributed by atoms with Crippen LogP contribution in [0.4, 0.5) is 5.69 Å². The average Bonchev–Trinajstić information content (AvgIpc) is 2.26. The summed E-state index contributed by atoms with van der Waals surface area (Å²) in [4.78, 5) is 11.4. The fraction of sp³-hybridized carbons (Fsp3) is 0.182. The Bertz CT molecular complexity index is 317. The van der Waals surface area contributed by atoms with Crippen molar-refractivity contribution in [2.45, 2.75) is 0 Å². The van der Waals surface area contributed by atoms with Crippen molar-refractivity contribution in [2.24, 2.45) is 0 Å². The lowest BCUT2D eigenvalue weighted by Gasteiger charge is -2.03. The summed E-state index contributed by atoms with van der Waals surface area (Å²) in [5.74, 6) is -0.0763. The van der Waals surface area contributed by atoms with Gasteiger partial charge in [0.2, 0.25) is 0 Å². The molecule has 0 heterocycles. The average molecular weight is 190 g/mol. The van der Waals surface area contributed by atoms with Gasteiger partial charge in [0.25, 0.3) is 5.91 Å². The van der Waals surface area contributed by atoms with Crippen LogP contribution < -0.4 is 10.6 Å². The normalized spacial score (nSPS) is 9.21. The van der Waals surface area contributed by atoms with Gasteiger partial charge in [-0.3, -0.25) is 4.79 Å². The molecule has 1 amide bonds. The van der Waals surface area contributed by atoms with Crippen LogP contribution in [0.1, 0.15) is 10.4 Å². The van der Waals surface area contributed by atoms with Crippen molar-refractivity contribution in [1.82, 2.24) is 5.32 Å². The Morgan fingerprint density at radius 3 is 2.57 bits per heavy atom. The van der Waals surface area contributed by atoms with E-state index in [1.54, 1.807) is 18.2 Å². The van der Waals surface area contributed by atoms with Crippen molar-refractivity contribution < 1.29 is 4.79 Å². The number of hydrogen-bond donors (Lipinski definition) is 2. The lowest BCUT2D eigenvalue weighted by Crippen LogP contribution is -2.22. The summed E-state index contributed by atoms with van der Waals surface area (Å²) in [5.41, 5.74) is 1.65. The van der Waals surface area contributed by atoms with E-state index in [0.717, 1.165) is 5.69 Å². The number of benzene rings is 1. The zero-order valence-corrected chi connectivity index (χ0v) is 8.21. The Morgan fingerprint density at radius 1 is 1.43 bits per heavy atom. The quantitative estimate of drug-likeness (QED) is 0.709. The molecule has 1 aromatic rings. The van der Waals surface area contributed by atoms with E-state index in [-0.39, 0.29) is 5.91 Å². The molecular formula is C11H14N2O. The first-order valence-electron chi connectivity index (χ1n) is 4.45. The van der Waals surface area contributed by atoms with Crippen LogP contribution in [0.15, 0.2) is 36.9 Å². The third-order valence-corrected chi connectivity index (χ3v) is 1.84. The maximum Gasteiger partial charge on any atom is 0.251 e. The largest absolute Gasteiger partial charge is 0.388 e. The van der Waals surface area contributed by atoms with E-state index < -0.39 is 0 Å². The number of nitrogens with one attached hydrogen (secondary N) is 2.